The highest BCUT2D eigenvalue weighted by atomic mass is 32.2. The van der Waals surface area contributed by atoms with Crippen LogP contribution in [-0.4, -0.2) is 18.3 Å². The van der Waals surface area contributed by atoms with Gasteiger partial charge in [0.25, 0.3) is 0 Å². The largest absolute Gasteiger partial charge is 0.462 e. The van der Waals surface area contributed by atoms with Crippen molar-refractivity contribution in [3.8, 4) is 0 Å². The van der Waals surface area contributed by atoms with Gasteiger partial charge in [-0.15, -0.1) is 11.8 Å². The molecule has 0 aliphatic rings. The van der Waals surface area contributed by atoms with Crippen LogP contribution < -0.4 is 5.73 Å². The van der Waals surface area contributed by atoms with Gasteiger partial charge in [-0.2, -0.15) is 0 Å². The number of rotatable bonds is 36. The Morgan fingerprint density at radius 3 is 1.07 bits per heavy atom. The van der Waals surface area contributed by atoms with Crippen LogP contribution in [0.5, 0.6) is 0 Å². The number of hydrogen-bond acceptors (Lipinski definition) is 4. The van der Waals surface area contributed by atoms with Gasteiger partial charge in [0.05, 0.1) is 17.7 Å². The van der Waals surface area contributed by atoms with Gasteiger partial charge in [-0.05, 0) is 18.6 Å². The lowest BCUT2D eigenvalue weighted by Crippen LogP contribution is -2.06. The molecule has 4 heteroatoms. The smallest absolute Gasteiger partial charge is 0.333 e. The quantitative estimate of drug-likeness (QED) is 0.0428. The highest BCUT2D eigenvalue weighted by molar-refractivity contribution is 8.03. The zero-order valence-corrected chi connectivity index (χ0v) is 30.2. The zero-order valence-electron chi connectivity index (χ0n) is 29.4. The van der Waals surface area contributed by atoms with Gasteiger partial charge < -0.3 is 10.5 Å². The molecule has 0 saturated heterocycles. The summed E-state index contributed by atoms with van der Waals surface area (Å²) in [6.45, 7) is 5.10. The van der Waals surface area contributed by atoms with Crippen LogP contribution in [0.15, 0.2) is 11.1 Å². The van der Waals surface area contributed by atoms with Crippen LogP contribution in [0.1, 0.15) is 219 Å². The molecule has 0 spiro atoms. The SMILES string of the molecule is CCCCCCCCCCCCCCCCCCOC(=O)/C=C(/N)SCCCCCCCCCCCCCCCCCC. The van der Waals surface area contributed by atoms with Crippen LogP contribution in [0.2, 0.25) is 0 Å². The molecule has 0 saturated carbocycles. The molecule has 0 fully saturated rings. The first-order valence-electron chi connectivity index (χ1n) is 19.5. The van der Waals surface area contributed by atoms with Crippen molar-refractivity contribution in [1.29, 1.82) is 0 Å². The molecule has 43 heavy (non-hydrogen) atoms. The Hall–Kier alpha value is -0.640. The third kappa shape index (κ3) is 37.5. The molecule has 0 aliphatic carbocycles. The Morgan fingerprint density at radius 2 is 0.744 bits per heavy atom. The van der Waals surface area contributed by atoms with Crippen molar-refractivity contribution >= 4 is 17.7 Å². The van der Waals surface area contributed by atoms with Gasteiger partial charge in [0, 0.05) is 0 Å². The highest BCUT2D eigenvalue weighted by Gasteiger charge is 2.02. The Kier molecular flexibility index (Phi) is 37.0. The Bertz CT molecular complexity index is 580. The fraction of sp³-hybridized carbons (Fsp3) is 0.923. The van der Waals surface area contributed by atoms with Crippen LogP contribution in [0.4, 0.5) is 0 Å². The van der Waals surface area contributed by atoms with Crippen molar-refractivity contribution in [2.75, 3.05) is 12.4 Å². The van der Waals surface area contributed by atoms with Crippen LogP contribution >= 0.6 is 11.8 Å². The standard InChI is InChI=1S/C39H77NO2S/c1-3-5-7-9-11-13-15-17-19-21-23-25-27-29-31-33-35-42-39(41)37-38(40)43-36-34-32-30-28-26-24-22-20-18-16-14-12-10-8-6-4-2/h37H,3-36,40H2,1-2H3/b38-37-. The Morgan fingerprint density at radius 1 is 0.465 bits per heavy atom. The minimum Gasteiger partial charge on any atom is -0.462 e. The second-order valence-electron chi connectivity index (χ2n) is 13.2. The van der Waals surface area contributed by atoms with Crippen LogP contribution in [0.3, 0.4) is 0 Å². The molecule has 0 aromatic carbocycles. The zero-order chi connectivity index (χ0) is 31.3. The van der Waals surface area contributed by atoms with E-state index >= 15 is 0 Å². The highest BCUT2D eigenvalue weighted by Crippen LogP contribution is 2.17. The summed E-state index contributed by atoms with van der Waals surface area (Å²) in [5.41, 5.74) is 6.03. The van der Waals surface area contributed by atoms with Crippen molar-refractivity contribution in [1.82, 2.24) is 0 Å². The van der Waals surface area contributed by atoms with Crippen LogP contribution in [-0.2, 0) is 9.53 Å². The van der Waals surface area contributed by atoms with Crippen LogP contribution in [0, 0.1) is 0 Å². The van der Waals surface area contributed by atoms with Gasteiger partial charge >= 0.3 is 5.97 Å². The van der Waals surface area contributed by atoms with E-state index in [0.29, 0.717) is 11.6 Å². The minimum atomic E-state index is -0.280. The molecule has 0 rings (SSSR count). The van der Waals surface area contributed by atoms with Gasteiger partial charge in [0.2, 0.25) is 0 Å². The summed E-state index contributed by atoms with van der Waals surface area (Å²) < 4.78 is 5.36. The lowest BCUT2D eigenvalue weighted by atomic mass is 10.0. The van der Waals surface area contributed by atoms with E-state index in [0.717, 1.165) is 18.6 Å². The molecular formula is C39H77NO2S. The third-order valence-electron chi connectivity index (χ3n) is 8.77. The number of nitrogens with two attached hydrogens (primary N) is 1. The molecule has 2 N–H and O–H groups in total. The number of hydrogen-bond donors (Lipinski definition) is 1. The second kappa shape index (κ2) is 37.5. The fourth-order valence-corrected chi connectivity index (χ4v) is 6.63. The molecule has 0 atom stereocenters. The fourth-order valence-electron chi connectivity index (χ4n) is 5.86. The van der Waals surface area contributed by atoms with Gasteiger partial charge in [-0.1, -0.05) is 206 Å². The molecule has 0 aromatic rings. The molecule has 0 aromatic heterocycles. The molecule has 3 nitrogen and oxygen atoms in total. The molecule has 0 heterocycles. The molecule has 0 bridgehead atoms. The van der Waals surface area contributed by atoms with Gasteiger partial charge in [-0.3, -0.25) is 0 Å². The van der Waals surface area contributed by atoms with Crippen molar-refractivity contribution in [2.45, 2.75) is 219 Å². The molecule has 0 amide bonds. The van der Waals surface area contributed by atoms with E-state index in [1.165, 1.54) is 199 Å². The number of esters is 1. The maximum absolute atomic E-state index is 12.0. The summed E-state index contributed by atoms with van der Waals surface area (Å²) in [6, 6.07) is 0. The summed E-state index contributed by atoms with van der Waals surface area (Å²) in [5, 5.41) is 0.595. The maximum Gasteiger partial charge on any atom is 0.333 e. The number of carbonyl (C=O) groups excluding carboxylic acids is 1. The van der Waals surface area contributed by atoms with Crippen molar-refractivity contribution < 1.29 is 9.53 Å². The van der Waals surface area contributed by atoms with E-state index in [1.807, 2.05) is 0 Å². The second-order valence-corrected chi connectivity index (χ2v) is 14.3. The van der Waals surface area contributed by atoms with E-state index in [9.17, 15) is 4.79 Å². The first-order chi connectivity index (χ1) is 21.2. The summed E-state index contributed by atoms with van der Waals surface area (Å²) >= 11 is 1.59. The van der Waals surface area contributed by atoms with Gasteiger partial charge in [0.1, 0.15) is 0 Å². The lowest BCUT2D eigenvalue weighted by Gasteiger charge is -2.05. The van der Waals surface area contributed by atoms with E-state index in [-0.39, 0.29) is 5.97 Å². The normalized spacial score (nSPS) is 11.8. The first kappa shape index (κ1) is 42.4. The summed E-state index contributed by atoms with van der Waals surface area (Å²) in [5.74, 6) is 0.714. The number of carbonyl (C=O) groups is 1. The lowest BCUT2D eigenvalue weighted by molar-refractivity contribution is -0.137. The first-order valence-corrected chi connectivity index (χ1v) is 20.5. The Balaban J connectivity index is 3.33. The predicted octanol–water partition coefficient (Wildman–Crippen LogP) is 13.6. The summed E-state index contributed by atoms with van der Waals surface area (Å²) in [7, 11) is 0. The molecule has 0 radical (unpaired) electrons. The molecule has 0 aliphatic heterocycles. The van der Waals surface area contributed by atoms with Crippen LogP contribution in [0.25, 0.3) is 0 Å². The number of unbranched alkanes of at least 4 members (excludes halogenated alkanes) is 30. The monoisotopic (exact) mass is 624 g/mol. The average Bonchev–Trinajstić information content (AvgIpc) is 3.00. The minimum absolute atomic E-state index is 0.280. The van der Waals surface area contributed by atoms with Gasteiger partial charge in [-0.25, -0.2) is 4.79 Å². The van der Waals surface area contributed by atoms with E-state index in [4.69, 9.17) is 10.5 Å². The number of thioether (sulfide) groups is 1. The average molecular weight is 624 g/mol. The van der Waals surface area contributed by atoms with Gasteiger partial charge in [0.15, 0.2) is 0 Å². The van der Waals surface area contributed by atoms with Crippen molar-refractivity contribution in [2.24, 2.45) is 5.73 Å². The van der Waals surface area contributed by atoms with Crippen molar-refractivity contribution in [3.05, 3.63) is 11.1 Å². The Labute approximate surface area is 275 Å². The van der Waals surface area contributed by atoms with Crippen molar-refractivity contribution in [3.63, 3.8) is 0 Å². The van der Waals surface area contributed by atoms with E-state index in [2.05, 4.69) is 13.8 Å². The topological polar surface area (TPSA) is 52.3 Å². The van der Waals surface area contributed by atoms with E-state index < -0.39 is 0 Å². The maximum atomic E-state index is 12.0. The van der Waals surface area contributed by atoms with E-state index in [1.54, 1.807) is 11.8 Å². The molecule has 0 unspecified atom stereocenters. The molecular weight excluding hydrogens is 547 g/mol. The summed E-state index contributed by atoms with van der Waals surface area (Å²) in [6.07, 6.45) is 45.3. The predicted molar refractivity (Wildman–Crippen MR) is 195 cm³/mol. The number of ether oxygens (including phenoxy) is 1. The summed E-state index contributed by atoms with van der Waals surface area (Å²) in [4.78, 5) is 12.0. The molecule has 256 valence electrons. The third-order valence-corrected chi connectivity index (χ3v) is 9.71.